The molecule has 1 aliphatic heterocycles. The Bertz CT molecular complexity index is 763. The number of anilines is 1. The molecule has 0 radical (unpaired) electrons. The van der Waals surface area contributed by atoms with Gasteiger partial charge in [0, 0.05) is 36.7 Å². The van der Waals surface area contributed by atoms with Gasteiger partial charge in [-0.2, -0.15) is 0 Å². The minimum atomic E-state index is 0.619. The Morgan fingerprint density at radius 3 is 2.71 bits per heavy atom. The van der Waals surface area contributed by atoms with Crippen LogP contribution in [0.3, 0.4) is 0 Å². The largest absolute Gasteiger partial charge is 0.371 e. The van der Waals surface area contributed by atoms with E-state index in [0.29, 0.717) is 18.1 Å². The van der Waals surface area contributed by atoms with E-state index in [2.05, 4.69) is 59.1 Å². The van der Waals surface area contributed by atoms with Crippen LogP contribution in [0.1, 0.15) is 30.3 Å². The fourth-order valence-corrected chi connectivity index (χ4v) is 3.54. The molecule has 128 valence electrons. The van der Waals surface area contributed by atoms with Gasteiger partial charge in [0.25, 0.3) is 0 Å². The number of nitrogens with two attached hydrogens (primary N) is 1. The molecule has 1 aromatic heterocycles. The molecule has 2 aromatic rings. The zero-order valence-electron chi connectivity index (χ0n) is 14.9. The average Bonchev–Trinajstić information content (AvgIpc) is 3.06. The molecule has 1 aliphatic rings. The maximum absolute atomic E-state index is 6.18. The molecule has 0 saturated carbocycles. The smallest absolute Gasteiger partial charge is 0.243 e. The van der Waals surface area contributed by atoms with E-state index in [0.717, 1.165) is 30.9 Å². The Kier molecular flexibility index (Phi) is 4.88. The van der Waals surface area contributed by atoms with Crippen molar-refractivity contribution in [3.05, 3.63) is 52.9 Å². The molecular formula is C19H27N5. The van der Waals surface area contributed by atoms with Crippen LogP contribution >= 0.6 is 0 Å². The lowest BCUT2D eigenvalue weighted by Crippen LogP contribution is -2.35. The highest BCUT2D eigenvalue weighted by Gasteiger charge is 2.24. The number of nitrogens with zero attached hydrogens (tertiary/aromatic N) is 4. The summed E-state index contributed by atoms with van der Waals surface area (Å²) in [5, 5.41) is 0. The lowest BCUT2D eigenvalue weighted by molar-refractivity contribution is 0.573. The number of hydrogen-bond donors (Lipinski definition) is 1. The number of nitrogen functional groups attached to an aromatic ring is 1. The predicted octanol–water partition coefficient (Wildman–Crippen LogP) is 2.20. The number of aryl methyl sites for hydroxylation is 1. The third-order valence-electron chi connectivity index (χ3n) is 4.92. The summed E-state index contributed by atoms with van der Waals surface area (Å²) in [4.78, 5) is 11.4. The number of aromatic nitrogens is 2. The summed E-state index contributed by atoms with van der Waals surface area (Å²) in [6.07, 6.45) is 2.23. The first kappa shape index (κ1) is 16.6. The van der Waals surface area contributed by atoms with E-state index in [1.54, 1.807) is 4.68 Å². The Labute approximate surface area is 143 Å². The fraction of sp³-hybridized carbons (Fsp3) is 0.474. The van der Waals surface area contributed by atoms with Gasteiger partial charge in [0.1, 0.15) is 0 Å². The van der Waals surface area contributed by atoms with Gasteiger partial charge in [0.05, 0.1) is 0 Å². The highest BCUT2D eigenvalue weighted by Crippen LogP contribution is 2.27. The molecule has 2 heterocycles. The SMILES string of the molecule is CCN=c1nc(C)c(C[C@@H]2CCN(c3ccccc3)C2)c(C)n1N. The van der Waals surface area contributed by atoms with Crippen molar-refractivity contribution in [1.82, 2.24) is 9.66 Å². The third kappa shape index (κ3) is 3.30. The van der Waals surface area contributed by atoms with Crippen molar-refractivity contribution in [3.8, 4) is 0 Å². The van der Waals surface area contributed by atoms with E-state index in [-0.39, 0.29) is 0 Å². The molecule has 24 heavy (non-hydrogen) atoms. The molecule has 3 rings (SSSR count). The Morgan fingerprint density at radius 2 is 2.00 bits per heavy atom. The monoisotopic (exact) mass is 325 g/mol. The van der Waals surface area contributed by atoms with Gasteiger partial charge >= 0.3 is 0 Å². The van der Waals surface area contributed by atoms with Crippen LogP contribution in [0.25, 0.3) is 0 Å². The van der Waals surface area contributed by atoms with Gasteiger partial charge in [0.15, 0.2) is 0 Å². The average molecular weight is 325 g/mol. The van der Waals surface area contributed by atoms with Gasteiger partial charge < -0.3 is 10.7 Å². The zero-order valence-corrected chi connectivity index (χ0v) is 14.9. The molecule has 0 aliphatic carbocycles. The van der Waals surface area contributed by atoms with Crippen molar-refractivity contribution in [1.29, 1.82) is 0 Å². The normalized spacial score (nSPS) is 18.4. The second-order valence-corrected chi connectivity index (χ2v) is 6.55. The molecule has 5 nitrogen and oxygen atoms in total. The lowest BCUT2D eigenvalue weighted by atomic mass is 9.96. The third-order valence-corrected chi connectivity index (χ3v) is 4.92. The number of benzene rings is 1. The summed E-state index contributed by atoms with van der Waals surface area (Å²) in [6.45, 7) is 9.04. The second-order valence-electron chi connectivity index (χ2n) is 6.55. The van der Waals surface area contributed by atoms with E-state index in [1.807, 2.05) is 6.92 Å². The molecular weight excluding hydrogens is 298 g/mol. The Hall–Kier alpha value is -2.30. The first-order valence-electron chi connectivity index (χ1n) is 8.74. The van der Waals surface area contributed by atoms with Gasteiger partial charge in [-0.25, -0.2) is 14.7 Å². The van der Waals surface area contributed by atoms with E-state index in [9.17, 15) is 0 Å². The molecule has 0 spiro atoms. The van der Waals surface area contributed by atoms with E-state index in [4.69, 9.17) is 5.84 Å². The zero-order chi connectivity index (χ0) is 17.1. The van der Waals surface area contributed by atoms with Crippen molar-refractivity contribution >= 4 is 5.69 Å². The topological polar surface area (TPSA) is 59.4 Å². The van der Waals surface area contributed by atoms with Crippen molar-refractivity contribution < 1.29 is 0 Å². The quantitative estimate of drug-likeness (QED) is 0.877. The van der Waals surface area contributed by atoms with Gasteiger partial charge in [0.2, 0.25) is 5.62 Å². The standard InChI is InChI=1S/C19H27N5/c1-4-21-19-22-14(2)18(15(3)24(19)20)12-16-10-11-23(13-16)17-8-6-5-7-9-17/h5-9,16H,4,10-13,20H2,1-3H3/t16-/m0/s1. The molecule has 1 aromatic carbocycles. The Morgan fingerprint density at radius 1 is 1.25 bits per heavy atom. The van der Waals surface area contributed by atoms with Crippen molar-refractivity contribution in [2.45, 2.75) is 33.6 Å². The summed E-state index contributed by atoms with van der Waals surface area (Å²) >= 11 is 0. The van der Waals surface area contributed by atoms with Crippen LogP contribution in [0, 0.1) is 19.8 Å². The minimum Gasteiger partial charge on any atom is -0.371 e. The molecule has 0 bridgehead atoms. The highest BCUT2D eigenvalue weighted by atomic mass is 15.3. The van der Waals surface area contributed by atoms with E-state index < -0.39 is 0 Å². The summed E-state index contributed by atoms with van der Waals surface area (Å²) in [5.74, 6) is 6.82. The van der Waals surface area contributed by atoms with Crippen LogP contribution in [-0.2, 0) is 6.42 Å². The van der Waals surface area contributed by atoms with Crippen molar-refractivity contribution in [2.24, 2.45) is 10.9 Å². The molecule has 5 heteroatoms. The summed E-state index contributed by atoms with van der Waals surface area (Å²) < 4.78 is 1.63. The summed E-state index contributed by atoms with van der Waals surface area (Å²) in [6, 6.07) is 10.7. The summed E-state index contributed by atoms with van der Waals surface area (Å²) in [7, 11) is 0. The van der Waals surface area contributed by atoms with Crippen molar-refractivity contribution in [2.75, 3.05) is 30.4 Å². The predicted molar refractivity (Wildman–Crippen MR) is 98.4 cm³/mol. The minimum absolute atomic E-state index is 0.619. The Balaban J connectivity index is 1.78. The van der Waals surface area contributed by atoms with Crippen LogP contribution in [0.4, 0.5) is 5.69 Å². The van der Waals surface area contributed by atoms with Gasteiger partial charge in [-0.05, 0) is 57.2 Å². The van der Waals surface area contributed by atoms with Crippen LogP contribution in [0.5, 0.6) is 0 Å². The van der Waals surface area contributed by atoms with E-state index >= 15 is 0 Å². The first-order valence-corrected chi connectivity index (χ1v) is 8.74. The van der Waals surface area contributed by atoms with E-state index in [1.165, 1.54) is 17.7 Å². The number of para-hydroxylation sites is 1. The maximum Gasteiger partial charge on any atom is 0.243 e. The first-order chi connectivity index (χ1) is 11.6. The fourth-order valence-electron chi connectivity index (χ4n) is 3.54. The molecule has 1 fully saturated rings. The molecule has 2 N–H and O–H groups in total. The number of hydrogen-bond acceptors (Lipinski definition) is 4. The number of rotatable bonds is 4. The van der Waals surface area contributed by atoms with Crippen LogP contribution in [0.15, 0.2) is 35.3 Å². The van der Waals surface area contributed by atoms with Crippen LogP contribution in [0.2, 0.25) is 0 Å². The maximum atomic E-state index is 6.18. The lowest BCUT2D eigenvalue weighted by Gasteiger charge is -2.20. The van der Waals surface area contributed by atoms with Gasteiger partial charge in [-0.15, -0.1) is 0 Å². The second kappa shape index (κ2) is 7.07. The summed E-state index contributed by atoms with van der Waals surface area (Å²) in [5.41, 5.74) is 5.34. The molecule has 0 amide bonds. The highest BCUT2D eigenvalue weighted by molar-refractivity contribution is 5.47. The molecule has 1 atom stereocenters. The van der Waals surface area contributed by atoms with Crippen LogP contribution < -0.4 is 16.4 Å². The van der Waals surface area contributed by atoms with Crippen molar-refractivity contribution in [3.63, 3.8) is 0 Å². The molecule has 0 unspecified atom stereocenters. The van der Waals surface area contributed by atoms with Gasteiger partial charge in [-0.3, -0.25) is 0 Å². The van der Waals surface area contributed by atoms with Crippen LogP contribution in [-0.4, -0.2) is 29.3 Å². The van der Waals surface area contributed by atoms with Gasteiger partial charge in [-0.1, -0.05) is 18.2 Å². The molecule has 1 saturated heterocycles.